The SMILES string of the molecule is COc1cc(N2CCN(CCO)CC2)ccc1N=O. The molecule has 1 aromatic rings. The van der Waals surface area contributed by atoms with Crippen LogP contribution < -0.4 is 9.64 Å². The molecular weight excluding hydrogens is 246 g/mol. The van der Waals surface area contributed by atoms with E-state index in [9.17, 15) is 4.91 Å². The van der Waals surface area contributed by atoms with E-state index in [4.69, 9.17) is 9.84 Å². The number of aliphatic hydroxyl groups is 1. The Morgan fingerprint density at radius 2 is 2.05 bits per heavy atom. The zero-order valence-corrected chi connectivity index (χ0v) is 11.1. The lowest BCUT2D eigenvalue weighted by atomic mass is 10.2. The molecule has 1 aliphatic heterocycles. The van der Waals surface area contributed by atoms with Crippen molar-refractivity contribution in [1.29, 1.82) is 0 Å². The van der Waals surface area contributed by atoms with Gasteiger partial charge in [0.25, 0.3) is 0 Å². The highest BCUT2D eigenvalue weighted by Crippen LogP contribution is 2.32. The molecule has 1 aromatic carbocycles. The molecule has 0 amide bonds. The van der Waals surface area contributed by atoms with Gasteiger partial charge in [0.15, 0.2) is 0 Å². The summed E-state index contributed by atoms with van der Waals surface area (Å²) in [5.41, 5.74) is 1.36. The maximum atomic E-state index is 10.6. The van der Waals surface area contributed by atoms with Crippen LogP contribution >= 0.6 is 0 Å². The Labute approximate surface area is 112 Å². The molecule has 19 heavy (non-hydrogen) atoms. The third-order valence-corrected chi connectivity index (χ3v) is 3.42. The van der Waals surface area contributed by atoms with Crippen LogP contribution in [0.2, 0.25) is 0 Å². The predicted octanol–water partition coefficient (Wildman–Crippen LogP) is 1.21. The lowest BCUT2D eigenvalue weighted by Crippen LogP contribution is -2.47. The van der Waals surface area contributed by atoms with E-state index in [0.717, 1.165) is 38.4 Å². The van der Waals surface area contributed by atoms with Crippen molar-refractivity contribution in [1.82, 2.24) is 4.90 Å². The Morgan fingerprint density at radius 3 is 2.63 bits per heavy atom. The number of rotatable bonds is 5. The number of piperazine rings is 1. The third kappa shape index (κ3) is 3.21. The zero-order valence-electron chi connectivity index (χ0n) is 11.1. The molecular formula is C13H19N3O3. The number of hydrogen-bond acceptors (Lipinski definition) is 6. The van der Waals surface area contributed by atoms with E-state index in [1.807, 2.05) is 12.1 Å². The smallest absolute Gasteiger partial charge is 0.150 e. The minimum Gasteiger partial charge on any atom is -0.494 e. The number of ether oxygens (including phenoxy) is 1. The molecule has 0 spiro atoms. The van der Waals surface area contributed by atoms with Crippen LogP contribution in [0.4, 0.5) is 11.4 Å². The molecule has 1 fully saturated rings. The number of aliphatic hydroxyl groups excluding tert-OH is 1. The monoisotopic (exact) mass is 265 g/mol. The number of methoxy groups -OCH3 is 1. The van der Waals surface area contributed by atoms with Crippen molar-refractivity contribution in [2.24, 2.45) is 5.18 Å². The average molecular weight is 265 g/mol. The molecule has 104 valence electrons. The van der Waals surface area contributed by atoms with Crippen molar-refractivity contribution >= 4 is 11.4 Å². The summed E-state index contributed by atoms with van der Waals surface area (Å²) in [5, 5.41) is 11.9. The highest BCUT2D eigenvalue weighted by molar-refractivity contribution is 5.62. The molecule has 0 aromatic heterocycles. The standard InChI is InChI=1S/C13H19N3O3/c1-19-13-10-11(2-3-12(13)14-18)16-6-4-15(5-7-16)8-9-17/h2-3,10,17H,4-9H2,1H3. The van der Waals surface area contributed by atoms with Gasteiger partial charge < -0.3 is 14.7 Å². The predicted molar refractivity (Wildman–Crippen MR) is 74.2 cm³/mol. The highest BCUT2D eigenvalue weighted by atomic mass is 16.5. The van der Waals surface area contributed by atoms with Gasteiger partial charge in [-0.3, -0.25) is 4.90 Å². The average Bonchev–Trinajstić information content (AvgIpc) is 2.47. The van der Waals surface area contributed by atoms with Crippen LogP contribution in [0, 0.1) is 4.91 Å². The Bertz CT molecular complexity index is 431. The number of anilines is 1. The summed E-state index contributed by atoms with van der Waals surface area (Å²) in [7, 11) is 1.53. The summed E-state index contributed by atoms with van der Waals surface area (Å²) in [6.07, 6.45) is 0. The normalized spacial score (nSPS) is 16.4. The van der Waals surface area contributed by atoms with Gasteiger partial charge in [-0.2, -0.15) is 0 Å². The van der Waals surface area contributed by atoms with Crippen molar-refractivity contribution in [2.45, 2.75) is 0 Å². The first-order valence-electron chi connectivity index (χ1n) is 6.38. The fraction of sp³-hybridized carbons (Fsp3) is 0.538. The maximum absolute atomic E-state index is 10.6. The van der Waals surface area contributed by atoms with E-state index in [0.29, 0.717) is 11.4 Å². The van der Waals surface area contributed by atoms with Gasteiger partial charge in [-0.05, 0) is 17.3 Å². The largest absolute Gasteiger partial charge is 0.494 e. The molecule has 2 rings (SSSR count). The van der Waals surface area contributed by atoms with E-state index in [-0.39, 0.29) is 6.61 Å². The van der Waals surface area contributed by atoms with Gasteiger partial charge >= 0.3 is 0 Å². The molecule has 6 nitrogen and oxygen atoms in total. The lowest BCUT2D eigenvalue weighted by molar-refractivity contribution is 0.189. The van der Waals surface area contributed by atoms with Gasteiger partial charge in [-0.1, -0.05) is 0 Å². The summed E-state index contributed by atoms with van der Waals surface area (Å²) in [6, 6.07) is 5.42. The second-order valence-corrected chi connectivity index (χ2v) is 4.50. The maximum Gasteiger partial charge on any atom is 0.150 e. The molecule has 0 bridgehead atoms. The van der Waals surface area contributed by atoms with Crippen LogP contribution in [0.15, 0.2) is 23.4 Å². The third-order valence-electron chi connectivity index (χ3n) is 3.42. The van der Waals surface area contributed by atoms with Crippen molar-refractivity contribution in [3.05, 3.63) is 23.1 Å². The Morgan fingerprint density at radius 1 is 1.32 bits per heavy atom. The van der Waals surface area contributed by atoms with Gasteiger partial charge in [0.2, 0.25) is 0 Å². The summed E-state index contributed by atoms with van der Waals surface area (Å²) in [5.74, 6) is 0.505. The van der Waals surface area contributed by atoms with Gasteiger partial charge in [0.1, 0.15) is 11.4 Å². The van der Waals surface area contributed by atoms with E-state index in [1.54, 1.807) is 6.07 Å². The summed E-state index contributed by atoms with van der Waals surface area (Å²) >= 11 is 0. The van der Waals surface area contributed by atoms with Crippen LogP contribution in [0.5, 0.6) is 5.75 Å². The van der Waals surface area contributed by atoms with Crippen LogP contribution in [-0.2, 0) is 0 Å². The van der Waals surface area contributed by atoms with Gasteiger partial charge in [0, 0.05) is 44.5 Å². The Kier molecular flexibility index (Phi) is 4.70. The molecule has 1 heterocycles. The first-order chi connectivity index (χ1) is 9.28. The first kappa shape index (κ1) is 13.8. The lowest BCUT2D eigenvalue weighted by Gasteiger charge is -2.35. The zero-order chi connectivity index (χ0) is 13.7. The molecule has 1 saturated heterocycles. The fourth-order valence-electron chi connectivity index (χ4n) is 2.31. The van der Waals surface area contributed by atoms with Gasteiger partial charge in [-0.15, -0.1) is 4.91 Å². The van der Waals surface area contributed by atoms with Crippen molar-refractivity contribution in [3.63, 3.8) is 0 Å². The number of β-amino-alcohol motifs (C(OH)–C–C–N with tert-alkyl or cyclic N) is 1. The highest BCUT2D eigenvalue weighted by Gasteiger charge is 2.17. The van der Waals surface area contributed by atoms with Crippen molar-refractivity contribution in [3.8, 4) is 5.75 Å². The van der Waals surface area contributed by atoms with Crippen molar-refractivity contribution in [2.75, 3.05) is 51.3 Å². The number of benzene rings is 1. The first-order valence-corrected chi connectivity index (χ1v) is 6.38. The second-order valence-electron chi connectivity index (χ2n) is 4.50. The molecule has 1 aliphatic rings. The summed E-state index contributed by atoms with van der Waals surface area (Å²) in [6.45, 7) is 4.58. The topological polar surface area (TPSA) is 65.4 Å². The molecule has 0 atom stereocenters. The van der Waals surface area contributed by atoms with Crippen LogP contribution in [0.1, 0.15) is 0 Å². The van der Waals surface area contributed by atoms with E-state index < -0.39 is 0 Å². The number of nitrogens with zero attached hydrogens (tertiary/aromatic N) is 3. The fourth-order valence-corrected chi connectivity index (χ4v) is 2.31. The Balaban J connectivity index is 2.05. The van der Waals surface area contributed by atoms with Gasteiger partial charge in [-0.25, -0.2) is 0 Å². The van der Waals surface area contributed by atoms with Crippen LogP contribution in [0.3, 0.4) is 0 Å². The van der Waals surface area contributed by atoms with Crippen molar-refractivity contribution < 1.29 is 9.84 Å². The summed E-state index contributed by atoms with van der Waals surface area (Å²) < 4.78 is 5.16. The van der Waals surface area contributed by atoms with E-state index in [2.05, 4.69) is 15.0 Å². The van der Waals surface area contributed by atoms with Crippen LogP contribution in [0.25, 0.3) is 0 Å². The molecule has 0 aliphatic carbocycles. The van der Waals surface area contributed by atoms with E-state index >= 15 is 0 Å². The molecule has 0 unspecified atom stereocenters. The van der Waals surface area contributed by atoms with Gasteiger partial charge in [0.05, 0.1) is 13.7 Å². The quantitative estimate of drug-likeness (QED) is 0.811. The molecule has 0 radical (unpaired) electrons. The van der Waals surface area contributed by atoms with Crippen LogP contribution in [-0.4, -0.2) is 56.4 Å². The molecule has 0 saturated carbocycles. The number of hydrogen-bond donors (Lipinski definition) is 1. The molecule has 1 N–H and O–H groups in total. The second kappa shape index (κ2) is 6.49. The minimum absolute atomic E-state index is 0.202. The van der Waals surface area contributed by atoms with E-state index in [1.165, 1.54) is 7.11 Å². The molecule has 6 heteroatoms. The minimum atomic E-state index is 0.202. The summed E-state index contributed by atoms with van der Waals surface area (Å²) in [4.78, 5) is 15.1. The Hall–Kier alpha value is -1.66. The number of nitroso groups, excluding NO2 is 1.